The second-order valence-electron chi connectivity index (χ2n) is 6.19. The first-order valence-corrected chi connectivity index (χ1v) is 7.68. The average molecular weight is 334 g/mol. The van der Waals surface area contributed by atoms with Gasteiger partial charge < -0.3 is 0 Å². The van der Waals surface area contributed by atoms with Gasteiger partial charge in [-0.15, -0.1) is 0 Å². The summed E-state index contributed by atoms with van der Waals surface area (Å²) in [6.45, 7) is 10.4. The Morgan fingerprint density at radius 2 is 2.00 bits per heavy atom. The van der Waals surface area contributed by atoms with Crippen molar-refractivity contribution in [1.82, 2.24) is 4.90 Å². The Morgan fingerprint density at radius 1 is 1.30 bits per heavy atom. The molecule has 0 aliphatic rings. The van der Waals surface area contributed by atoms with Gasteiger partial charge in [0.25, 0.3) is 0 Å². The fourth-order valence-corrected chi connectivity index (χ4v) is 2.12. The first kappa shape index (κ1) is 17.0. The Hall–Kier alpha value is -1.04. The van der Waals surface area contributed by atoms with Gasteiger partial charge in [0.1, 0.15) is 0 Å². The number of rotatable bonds is 4. The molecule has 0 heterocycles. The van der Waals surface area contributed by atoms with Gasteiger partial charge in [-0.3, -0.25) is 4.90 Å². The van der Waals surface area contributed by atoms with Crippen LogP contribution in [0.5, 0.6) is 0 Å². The molecule has 0 fully saturated rings. The van der Waals surface area contributed by atoms with Crippen LogP contribution in [-0.4, -0.2) is 18.5 Å². The third kappa shape index (κ3) is 6.93. The van der Waals surface area contributed by atoms with Crippen LogP contribution in [0.3, 0.4) is 0 Å². The van der Waals surface area contributed by atoms with Crippen LogP contribution in [0, 0.1) is 24.2 Å². The van der Waals surface area contributed by atoms with E-state index in [4.69, 9.17) is 0 Å². The predicted octanol–water partition coefficient (Wildman–Crippen LogP) is 4.80. The molecule has 0 saturated heterocycles. The maximum atomic E-state index is 3.53. The van der Waals surface area contributed by atoms with Crippen LogP contribution in [0.15, 0.2) is 34.8 Å². The molecule has 0 bridgehead atoms. The Kier molecular flexibility index (Phi) is 6.52. The van der Waals surface area contributed by atoms with Gasteiger partial charge in [0.2, 0.25) is 0 Å². The van der Waals surface area contributed by atoms with E-state index in [1.165, 1.54) is 11.1 Å². The molecule has 0 unspecified atom stereocenters. The summed E-state index contributed by atoms with van der Waals surface area (Å²) in [5, 5.41) is 0. The molecule has 0 N–H and O–H groups in total. The zero-order valence-electron chi connectivity index (χ0n) is 13.1. The van der Waals surface area contributed by atoms with E-state index in [0.717, 1.165) is 17.6 Å². The molecule has 0 aliphatic heterocycles. The summed E-state index contributed by atoms with van der Waals surface area (Å²) in [6, 6.07) is 6.42. The number of benzene rings is 1. The summed E-state index contributed by atoms with van der Waals surface area (Å²) < 4.78 is 1.14. The van der Waals surface area contributed by atoms with Crippen molar-refractivity contribution in [3.63, 3.8) is 0 Å². The highest BCUT2D eigenvalue weighted by Crippen LogP contribution is 2.17. The summed E-state index contributed by atoms with van der Waals surface area (Å²) in [5.41, 5.74) is 2.76. The van der Waals surface area contributed by atoms with Crippen molar-refractivity contribution in [2.45, 2.75) is 34.2 Å². The van der Waals surface area contributed by atoms with E-state index in [0.29, 0.717) is 0 Å². The fourth-order valence-electron chi connectivity index (χ4n) is 1.72. The zero-order chi connectivity index (χ0) is 15.2. The number of likely N-dealkylation sites (N-methyl/N-ethyl adjacent to an activating group) is 1. The molecule has 0 spiro atoms. The van der Waals surface area contributed by atoms with E-state index in [9.17, 15) is 0 Å². The van der Waals surface area contributed by atoms with Crippen molar-refractivity contribution < 1.29 is 0 Å². The molecule has 1 aromatic rings. The molecule has 0 amide bonds. The van der Waals surface area contributed by atoms with E-state index >= 15 is 0 Å². The first-order chi connectivity index (χ1) is 9.28. The van der Waals surface area contributed by atoms with Gasteiger partial charge in [-0.2, -0.15) is 0 Å². The van der Waals surface area contributed by atoms with E-state index in [1.54, 1.807) is 0 Å². The third-order valence-corrected chi connectivity index (χ3v) is 3.31. The number of hydrogen-bond acceptors (Lipinski definition) is 1. The van der Waals surface area contributed by atoms with Crippen LogP contribution in [0.4, 0.5) is 0 Å². The van der Waals surface area contributed by atoms with Crippen LogP contribution >= 0.6 is 15.9 Å². The van der Waals surface area contributed by atoms with Crippen LogP contribution in [-0.2, 0) is 6.54 Å². The molecule has 0 aromatic heterocycles. The number of aryl methyl sites for hydroxylation is 1. The van der Waals surface area contributed by atoms with Gasteiger partial charge in [-0.1, -0.05) is 39.9 Å². The summed E-state index contributed by atoms with van der Waals surface area (Å²) in [4.78, 5) is 2.28. The van der Waals surface area contributed by atoms with Crippen LogP contribution in [0.1, 0.15) is 31.9 Å². The Bertz CT molecular complexity index is 527. The molecule has 1 aromatic carbocycles. The Morgan fingerprint density at radius 3 is 2.65 bits per heavy atom. The van der Waals surface area contributed by atoms with Gasteiger partial charge in [0.15, 0.2) is 0 Å². The number of halogens is 1. The van der Waals surface area contributed by atoms with Crippen molar-refractivity contribution in [3.05, 3.63) is 46.0 Å². The Balaban J connectivity index is 2.51. The standard InChI is InChI=1S/C18H24BrN/c1-15-9-10-17(19)13-16(15)14-20(5)12-8-6-7-11-18(2,3)4/h6,8-10,13H,12,14H2,1-5H3/b8-6+. The zero-order valence-corrected chi connectivity index (χ0v) is 14.7. The molecule has 0 atom stereocenters. The fraction of sp³-hybridized carbons (Fsp3) is 0.444. The highest BCUT2D eigenvalue weighted by molar-refractivity contribution is 9.10. The molecule has 1 nitrogen and oxygen atoms in total. The molecule has 0 aliphatic carbocycles. The minimum absolute atomic E-state index is 0.0731. The molecular weight excluding hydrogens is 310 g/mol. The van der Waals surface area contributed by atoms with Gasteiger partial charge >= 0.3 is 0 Å². The quantitative estimate of drug-likeness (QED) is 0.715. The molecule has 108 valence electrons. The molecular formula is C18H24BrN. The topological polar surface area (TPSA) is 3.24 Å². The highest BCUT2D eigenvalue weighted by Gasteiger charge is 2.03. The molecule has 2 heteroatoms. The molecule has 0 radical (unpaired) electrons. The smallest absolute Gasteiger partial charge is 0.0237 e. The van der Waals surface area contributed by atoms with E-state index in [2.05, 4.69) is 91.7 Å². The maximum absolute atomic E-state index is 3.53. The van der Waals surface area contributed by atoms with Gasteiger partial charge in [-0.05, 0) is 64.1 Å². The average Bonchev–Trinajstić information content (AvgIpc) is 2.32. The number of nitrogens with zero attached hydrogens (tertiary/aromatic N) is 1. The van der Waals surface area contributed by atoms with Crippen LogP contribution in [0.2, 0.25) is 0 Å². The number of hydrogen-bond donors (Lipinski definition) is 0. The third-order valence-electron chi connectivity index (χ3n) is 2.82. The second kappa shape index (κ2) is 7.67. The summed E-state index contributed by atoms with van der Waals surface area (Å²) in [7, 11) is 2.13. The summed E-state index contributed by atoms with van der Waals surface area (Å²) in [5.74, 6) is 6.30. The summed E-state index contributed by atoms with van der Waals surface area (Å²) in [6.07, 6.45) is 4.07. The maximum Gasteiger partial charge on any atom is 0.0237 e. The lowest BCUT2D eigenvalue weighted by molar-refractivity contribution is 0.362. The monoisotopic (exact) mass is 333 g/mol. The normalized spacial score (nSPS) is 11.8. The lowest BCUT2D eigenvalue weighted by Crippen LogP contribution is -2.18. The minimum Gasteiger partial charge on any atom is -0.298 e. The second-order valence-corrected chi connectivity index (χ2v) is 7.10. The van der Waals surface area contributed by atoms with E-state index in [1.807, 2.05) is 6.08 Å². The Labute approximate surface area is 132 Å². The van der Waals surface area contributed by atoms with Gasteiger partial charge in [0, 0.05) is 23.0 Å². The SMILES string of the molecule is Cc1ccc(Br)cc1CN(C)C/C=C/C#CC(C)(C)C. The van der Waals surface area contributed by atoms with Crippen molar-refractivity contribution in [2.24, 2.45) is 5.41 Å². The van der Waals surface area contributed by atoms with Crippen LogP contribution in [0.25, 0.3) is 0 Å². The van der Waals surface area contributed by atoms with Gasteiger partial charge in [0.05, 0.1) is 0 Å². The van der Waals surface area contributed by atoms with Crippen molar-refractivity contribution in [3.8, 4) is 11.8 Å². The van der Waals surface area contributed by atoms with Crippen molar-refractivity contribution in [1.29, 1.82) is 0 Å². The lowest BCUT2D eigenvalue weighted by atomic mass is 9.98. The van der Waals surface area contributed by atoms with Gasteiger partial charge in [-0.25, -0.2) is 0 Å². The van der Waals surface area contributed by atoms with E-state index in [-0.39, 0.29) is 5.41 Å². The van der Waals surface area contributed by atoms with E-state index < -0.39 is 0 Å². The van der Waals surface area contributed by atoms with Crippen molar-refractivity contribution >= 4 is 15.9 Å². The minimum atomic E-state index is 0.0731. The number of allylic oxidation sites excluding steroid dienone is 1. The molecule has 20 heavy (non-hydrogen) atoms. The lowest BCUT2D eigenvalue weighted by Gasteiger charge is -2.16. The predicted molar refractivity (Wildman–Crippen MR) is 91.6 cm³/mol. The summed E-state index contributed by atoms with van der Waals surface area (Å²) >= 11 is 3.53. The van der Waals surface area contributed by atoms with Crippen molar-refractivity contribution in [2.75, 3.05) is 13.6 Å². The first-order valence-electron chi connectivity index (χ1n) is 6.89. The molecule has 0 saturated carbocycles. The van der Waals surface area contributed by atoms with Crippen LogP contribution < -0.4 is 0 Å². The molecule has 1 rings (SSSR count). The highest BCUT2D eigenvalue weighted by atomic mass is 79.9. The largest absolute Gasteiger partial charge is 0.298 e.